The number of ether oxygens (including phenoxy) is 2. The Morgan fingerprint density at radius 1 is 1.17 bits per heavy atom. The van der Waals surface area contributed by atoms with Gasteiger partial charge in [-0.25, -0.2) is 4.98 Å². The Labute approximate surface area is 107 Å². The highest BCUT2D eigenvalue weighted by molar-refractivity contribution is 4.52. The van der Waals surface area contributed by atoms with E-state index in [1.54, 1.807) is 13.8 Å². The lowest BCUT2D eigenvalue weighted by molar-refractivity contribution is -0.0620. The van der Waals surface area contributed by atoms with Crippen molar-refractivity contribution in [2.45, 2.75) is 39.1 Å². The minimum Gasteiger partial charge on any atom is -0.394 e. The van der Waals surface area contributed by atoms with E-state index in [2.05, 4.69) is 15.2 Å². The summed E-state index contributed by atoms with van der Waals surface area (Å²) >= 11 is 0. The third-order valence-corrected chi connectivity index (χ3v) is 1.83. The molecule has 0 aromatic carbocycles. The summed E-state index contributed by atoms with van der Waals surface area (Å²) in [6.07, 6.45) is 2.30. The van der Waals surface area contributed by atoms with Crippen LogP contribution in [0.15, 0.2) is 12.7 Å². The molecule has 0 saturated carbocycles. The monoisotopic (exact) mass is 261 g/mol. The van der Waals surface area contributed by atoms with E-state index in [1.165, 1.54) is 12.7 Å². The van der Waals surface area contributed by atoms with Crippen molar-refractivity contribution in [2.75, 3.05) is 19.8 Å². The molecule has 3 unspecified atom stereocenters. The summed E-state index contributed by atoms with van der Waals surface area (Å²) in [7, 11) is 0. The Balaban J connectivity index is 0.000000473. The van der Waals surface area contributed by atoms with Crippen LogP contribution in [0.25, 0.3) is 0 Å². The molecule has 0 fully saturated rings. The average molecular weight is 261 g/mol. The van der Waals surface area contributed by atoms with Crippen molar-refractivity contribution in [3.63, 3.8) is 0 Å². The molecule has 18 heavy (non-hydrogen) atoms. The van der Waals surface area contributed by atoms with Crippen molar-refractivity contribution in [2.24, 2.45) is 0 Å². The molecule has 7 nitrogen and oxygen atoms in total. The molecule has 0 aliphatic heterocycles. The van der Waals surface area contributed by atoms with E-state index in [9.17, 15) is 0 Å². The standard InChI is InChI=1S/C9H20O4.C2H3N3/c1-7(11)5-12-9(3)6-13-8(2)4-10;1-3-2-5-4-1/h7-11H,4-6H2,1-3H3;1-2H,(H,3,4,5). The molecule has 0 radical (unpaired) electrons. The van der Waals surface area contributed by atoms with Crippen LogP contribution in [0.3, 0.4) is 0 Å². The van der Waals surface area contributed by atoms with Crippen molar-refractivity contribution < 1.29 is 19.7 Å². The summed E-state index contributed by atoms with van der Waals surface area (Å²) in [6, 6.07) is 0. The van der Waals surface area contributed by atoms with Gasteiger partial charge in [0.2, 0.25) is 0 Å². The van der Waals surface area contributed by atoms with E-state index in [0.717, 1.165) is 0 Å². The van der Waals surface area contributed by atoms with Crippen LogP contribution in [0.1, 0.15) is 20.8 Å². The molecule has 1 heterocycles. The molecule has 0 aliphatic carbocycles. The molecule has 3 N–H and O–H groups in total. The van der Waals surface area contributed by atoms with Crippen LogP contribution >= 0.6 is 0 Å². The van der Waals surface area contributed by atoms with Gasteiger partial charge in [0, 0.05) is 0 Å². The molecule has 0 saturated heterocycles. The number of aromatic amines is 1. The van der Waals surface area contributed by atoms with Gasteiger partial charge >= 0.3 is 0 Å². The van der Waals surface area contributed by atoms with E-state index < -0.39 is 6.10 Å². The molecular weight excluding hydrogens is 238 g/mol. The Kier molecular flexibility index (Phi) is 10.5. The highest BCUT2D eigenvalue weighted by atomic mass is 16.5. The number of aliphatic hydroxyl groups excluding tert-OH is 2. The number of nitrogens with one attached hydrogen (secondary N) is 1. The van der Waals surface area contributed by atoms with Crippen molar-refractivity contribution in [1.29, 1.82) is 0 Å². The number of hydrogen-bond acceptors (Lipinski definition) is 6. The van der Waals surface area contributed by atoms with E-state index in [0.29, 0.717) is 13.2 Å². The molecular formula is C11H23N3O4. The normalized spacial score (nSPS) is 15.4. The van der Waals surface area contributed by atoms with E-state index in [-0.39, 0.29) is 18.8 Å². The van der Waals surface area contributed by atoms with Gasteiger partial charge in [-0.05, 0) is 20.8 Å². The van der Waals surface area contributed by atoms with Crippen molar-refractivity contribution in [3.05, 3.63) is 12.7 Å². The maximum atomic E-state index is 8.92. The molecule has 7 heteroatoms. The molecule has 0 bridgehead atoms. The molecule has 1 aromatic rings. The predicted molar refractivity (Wildman–Crippen MR) is 66.0 cm³/mol. The van der Waals surface area contributed by atoms with Gasteiger partial charge in [0.1, 0.15) is 12.7 Å². The second-order valence-electron chi connectivity index (χ2n) is 3.97. The summed E-state index contributed by atoms with van der Waals surface area (Å²) in [5, 5.41) is 23.6. The number of aromatic nitrogens is 3. The highest BCUT2D eigenvalue weighted by Gasteiger charge is 2.06. The first kappa shape index (κ1) is 17.0. The molecule has 1 rings (SSSR count). The zero-order valence-corrected chi connectivity index (χ0v) is 11.1. The zero-order chi connectivity index (χ0) is 13.8. The quantitative estimate of drug-likeness (QED) is 0.637. The lowest BCUT2D eigenvalue weighted by atomic mass is 10.4. The smallest absolute Gasteiger partial charge is 0.137 e. The largest absolute Gasteiger partial charge is 0.394 e. The minimum absolute atomic E-state index is 0.0170. The van der Waals surface area contributed by atoms with Crippen LogP contribution in [0.5, 0.6) is 0 Å². The number of nitrogens with zero attached hydrogens (tertiary/aromatic N) is 2. The summed E-state index contributed by atoms with van der Waals surface area (Å²) in [6.45, 7) is 6.10. The minimum atomic E-state index is -0.447. The van der Waals surface area contributed by atoms with Gasteiger partial charge in [-0.2, -0.15) is 5.10 Å². The van der Waals surface area contributed by atoms with Gasteiger partial charge in [0.05, 0.1) is 38.1 Å². The number of hydrogen-bond donors (Lipinski definition) is 3. The summed E-state index contributed by atoms with van der Waals surface area (Å²) in [4.78, 5) is 3.56. The van der Waals surface area contributed by atoms with Gasteiger partial charge in [0.15, 0.2) is 0 Å². The van der Waals surface area contributed by atoms with Crippen LogP contribution < -0.4 is 0 Å². The highest BCUT2D eigenvalue weighted by Crippen LogP contribution is 1.97. The lowest BCUT2D eigenvalue weighted by Gasteiger charge is -2.16. The first-order chi connectivity index (χ1) is 8.56. The molecule has 3 atom stereocenters. The fraction of sp³-hybridized carbons (Fsp3) is 0.818. The van der Waals surface area contributed by atoms with E-state index in [4.69, 9.17) is 19.7 Å². The van der Waals surface area contributed by atoms with Crippen LogP contribution in [0.4, 0.5) is 0 Å². The first-order valence-electron chi connectivity index (χ1n) is 5.87. The van der Waals surface area contributed by atoms with Crippen molar-refractivity contribution >= 4 is 0 Å². The molecule has 106 valence electrons. The third kappa shape index (κ3) is 11.5. The lowest BCUT2D eigenvalue weighted by Crippen LogP contribution is -2.24. The Bertz CT molecular complexity index is 240. The van der Waals surface area contributed by atoms with Crippen LogP contribution in [-0.2, 0) is 9.47 Å². The fourth-order valence-electron chi connectivity index (χ4n) is 0.871. The fourth-order valence-corrected chi connectivity index (χ4v) is 0.871. The van der Waals surface area contributed by atoms with Crippen LogP contribution in [-0.4, -0.2) is 63.5 Å². The number of H-pyrrole nitrogens is 1. The Morgan fingerprint density at radius 3 is 2.22 bits per heavy atom. The molecule has 0 aliphatic rings. The molecule has 0 amide bonds. The van der Waals surface area contributed by atoms with Crippen LogP contribution in [0.2, 0.25) is 0 Å². The second-order valence-corrected chi connectivity index (χ2v) is 3.97. The van der Waals surface area contributed by atoms with Gasteiger partial charge in [0.25, 0.3) is 0 Å². The third-order valence-electron chi connectivity index (χ3n) is 1.83. The number of aliphatic hydroxyl groups is 2. The Hall–Kier alpha value is -1.02. The summed E-state index contributed by atoms with van der Waals surface area (Å²) in [5.41, 5.74) is 0. The van der Waals surface area contributed by atoms with E-state index in [1.807, 2.05) is 6.92 Å². The predicted octanol–water partition coefficient (Wildman–Crippen LogP) is -0.0256. The second kappa shape index (κ2) is 11.1. The van der Waals surface area contributed by atoms with Gasteiger partial charge in [-0.1, -0.05) is 0 Å². The van der Waals surface area contributed by atoms with Crippen molar-refractivity contribution in [3.8, 4) is 0 Å². The van der Waals surface area contributed by atoms with Crippen molar-refractivity contribution in [1.82, 2.24) is 15.2 Å². The zero-order valence-electron chi connectivity index (χ0n) is 11.1. The van der Waals surface area contributed by atoms with Gasteiger partial charge in [-0.15, -0.1) is 0 Å². The summed E-state index contributed by atoms with van der Waals surface area (Å²) < 4.78 is 10.5. The summed E-state index contributed by atoms with van der Waals surface area (Å²) in [5.74, 6) is 0. The van der Waals surface area contributed by atoms with E-state index >= 15 is 0 Å². The number of rotatable bonds is 7. The van der Waals surface area contributed by atoms with Gasteiger partial charge < -0.3 is 19.7 Å². The SMILES string of the molecule is CC(O)COC(C)COC(C)CO.c1nc[nH]n1. The first-order valence-corrected chi connectivity index (χ1v) is 5.87. The Morgan fingerprint density at radius 2 is 1.83 bits per heavy atom. The topological polar surface area (TPSA) is 100 Å². The molecule has 1 aromatic heterocycles. The maximum absolute atomic E-state index is 8.92. The maximum Gasteiger partial charge on any atom is 0.137 e. The average Bonchev–Trinajstić information content (AvgIpc) is 2.92. The van der Waals surface area contributed by atoms with Crippen LogP contribution in [0, 0.1) is 0 Å². The van der Waals surface area contributed by atoms with Gasteiger partial charge in [-0.3, -0.25) is 5.10 Å². The molecule has 0 spiro atoms.